The van der Waals surface area contributed by atoms with Crippen molar-refractivity contribution in [3.8, 4) is 5.69 Å². The molecule has 1 N–H and O–H groups in total. The predicted molar refractivity (Wildman–Crippen MR) is 115 cm³/mol. The second kappa shape index (κ2) is 7.68. The lowest BCUT2D eigenvalue weighted by molar-refractivity contribution is -0.122. The van der Waals surface area contributed by atoms with Gasteiger partial charge >= 0.3 is 6.03 Å². The first-order valence-corrected chi connectivity index (χ1v) is 9.70. The summed E-state index contributed by atoms with van der Waals surface area (Å²) < 4.78 is 16.2. The highest BCUT2D eigenvalue weighted by Gasteiger charge is 2.38. The standard InChI is InChI=1S/C24H20FN3O3/c1-14-8-10-18(11-9-14)27-15(2)12-17(16(27)3)13-19-22(29)26-24(31)28(23(19)30)21-7-5-4-6-20(21)25/h4-13H,1-3H3,(H,26,29,31). The number of hydrogen-bond acceptors (Lipinski definition) is 3. The van der Waals surface area contributed by atoms with E-state index in [1.807, 2.05) is 55.7 Å². The number of barbiturate groups is 1. The van der Waals surface area contributed by atoms with Crippen molar-refractivity contribution >= 4 is 29.6 Å². The molecule has 1 saturated heterocycles. The minimum atomic E-state index is -0.984. The van der Waals surface area contributed by atoms with Crippen molar-refractivity contribution in [2.24, 2.45) is 0 Å². The van der Waals surface area contributed by atoms with E-state index >= 15 is 0 Å². The maximum Gasteiger partial charge on any atom is 0.336 e. The molecule has 0 aliphatic carbocycles. The van der Waals surface area contributed by atoms with E-state index in [-0.39, 0.29) is 11.3 Å². The van der Waals surface area contributed by atoms with Crippen LogP contribution in [-0.2, 0) is 9.59 Å². The molecule has 7 heteroatoms. The molecule has 0 atom stereocenters. The third-order valence-electron chi connectivity index (χ3n) is 5.26. The third kappa shape index (κ3) is 3.54. The van der Waals surface area contributed by atoms with Crippen molar-refractivity contribution in [1.29, 1.82) is 0 Å². The summed E-state index contributed by atoms with van der Waals surface area (Å²) in [7, 11) is 0. The van der Waals surface area contributed by atoms with Gasteiger partial charge in [-0.2, -0.15) is 0 Å². The SMILES string of the molecule is Cc1ccc(-n2c(C)cc(C=C3C(=O)NC(=O)N(c4ccccc4F)C3=O)c2C)cc1. The van der Waals surface area contributed by atoms with E-state index in [0.717, 1.165) is 28.7 Å². The van der Waals surface area contributed by atoms with Crippen LogP contribution in [0.15, 0.2) is 60.2 Å². The Bertz CT molecular complexity index is 1260. The number of carbonyl (C=O) groups excluding carboxylic acids is 3. The van der Waals surface area contributed by atoms with Crippen molar-refractivity contribution in [1.82, 2.24) is 9.88 Å². The van der Waals surface area contributed by atoms with Gasteiger partial charge < -0.3 is 4.57 Å². The van der Waals surface area contributed by atoms with Crippen LogP contribution in [0.1, 0.15) is 22.5 Å². The average Bonchev–Trinajstić information content (AvgIpc) is 3.00. The number of imide groups is 2. The molecule has 31 heavy (non-hydrogen) atoms. The number of nitrogens with one attached hydrogen (secondary N) is 1. The van der Waals surface area contributed by atoms with Crippen LogP contribution >= 0.6 is 0 Å². The van der Waals surface area contributed by atoms with Gasteiger partial charge in [-0.3, -0.25) is 14.9 Å². The number of carbonyl (C=O) groups is 3. The van der Waals surface area contributed by atoms with Crippen molar-refractivity contribution in [3.05, 3.63) is 88.5 Å². The maximum atomic E-state index is 14.2. The molecule has 0 bridgehead atoms. The minimum absolute atomic E-state index is 0.214. The van der Waals surface area contributed by atoms with E-state index in [2.05, 4.69) is 5.32 Å². The van der Waals surface area contributed by atoms with Crippen molar-refractivity contribution in [2.75, 3.05) is 4.90 Å². The van der Waals surface area contributed by atoms with Crippen LogP contribution in [0, 0.1) is 26.6 Å². The first-order chi connectivity index (χ1) is 14.8. The Hall–Kier alpha value is -4.00. The highest BCUT2D eigenvalue weighted by atomic mass is 19.1. The summed E-state index contributed by atoms with van der Waals surface area (Å²) in [4.78, 5) is 38.4. The van der Waals surface area contributed by atoms with E-state index in [0.29, 0.717) is 10.5 Å². The second-order valence-corrected chi connectivity index (χ2v) is 7.41. The Morgan fingerprint density at radius 1 is 0.935 bits per heavy atom. The average molecular weight is 417 g/mol. The maximum absolute atomic E-state index is 14.2. The molecule has 0 spiro atoms. The molecule has 3 aromatic rings. The number of aryl methyl sites for hydroxylation is 2. The van der Waals surface area contributed by atoms with Crippen LogP contribution in [0.2, 0.25) is 0 Å². The van der Waals surface area contributed by atoms with Crippen molar-refractivity contribution < 1.29 is 18.8 Å². The smallest absolute Gasteiger partial charge is 0.318 e. The minimum Gasteiger partial charge on any atom is -0.318 e. The van der Waals surface area contributed by atoms with Gasteiger partial charge in [-0.15, -0.1) is 0 Å². The summed E-state index contributed by atoms with van der Waals surface area (Å²) in [6.07, 6.45) is 1.44. The number of nitrogens with zero attached hydrogens (tertiary/aromatic N) is 2. The molecular weight excluding hydrogens is 397 g/mol. The molecule has 2 heterocycles. The number of halogens is 1. The molecule has 1 aliphatic rings. The van der Waals surface area contributed by atoms with Gasteiger partial charge in [0.15, 0.2) is 0 Å². The zero-order chi connectivity index (χ0) is 22.3. The van der Waals surface area contributed by atoms with Crippen LogP contribution in [0.4, 0.5) is 14.9 Å². The van der Waals surface area contributed by atoms with Crippen LogP contribution in [0.25, 0.3) is 11.8 Å². The van der Waals surface area contributed by atoms with Gasteiger partial charge in [-0.25, -0.2) is 14.1 Å². The van der Waals surface area contributed by atoms with E-state index in [9.17, 15) is 18.8 Å². The predicted octanol–water partition coefficient (Wildman–Crippen LogP) is 4.21. The number of para-hydroxylation sites is 1. The Balaban J connectivity index is 1.77. The normalized spacial score (nSPS) is 15.5. The fourth-order valence-electron chi connectivity index (χ4n) is 3.69. The largest absolute Gasteiger partial charge is 0.336 e. The first kappa shape index (κ1) is 20.3. The van der Waals surface area contributed by atoms with Gasteiger partial charge in [0.05, 0.1) is 5.69 Å². The van der Waals surface area contributed by atoms with E-state index in [1.165, 1.54) is 24.3 Å². The number of urea groups is 1. The number of benzene rings is 2. The Labute approximate surface area is 178 Å². The molecule has 0 radical (unpaired) electrons. The molecule has 156 valence electrons. The first-order valence-electron chi connectivity index (χ1n) is 9.70. The molecule has 4 amide bonds. The summed E-state index contributed by atoms with van der Waals surface area (Å²) in [5, 5.41) is 2.12. The molecule has 0 saturated carbocycles. The van der Waals surface area contributed by atoms with Gasteiger partial charge in [-0.1, -0.05) is 29.8 Å². The number of amides is 4. The fraction of sp³-hybridized carbons (Fsp3) is 0.125. The summed E-state index contributed by atoms with van der Waals surface area (Å²) in [5.41, 5.74) is 4.02. The van der Waals surface area contributed by atoms with Crippen molar-refractivity contribution in [2.45, 2.75) is 20.8 Å². The molecule has 2 aromatic carbocycles. The van der Waals surface area contributed by atoms with Crippen LogP contribution in [0.3, 0.4) is 0 Å². The number of rotatable bonds is 3. The molecule has 1 fully saturated rings. The number of hydrogen-bond donors (Lipinski definition) is 1. The molecule has 6 nitrogen and oxygen atoms in total. The van der Waals surface area contributed by atoms with Crippen molar-refractivity contribution in [3.63, 3.8) is 0 Å². The fourth-order valence-corrected chi connectivity index (χ4v) is 3.69. The molecule has 0 unspecified atom stereocenters. The summed E-state index contributed by atoms with van der Waals surface area (Å²) in [6, 6.07) is 14.3. The van der Waals surface area contributed by atoms with Crippen LogP contribution < -0.4 is 10.2 Å². The van der Waals surface area contributed by atoms with E-state index < -0.39 is 23.7 Å². The number of anilines is 1. The highest BCUT2D eigenvalue weighted by molar-refractivity contribution is 6.39. The summed E-state index contributed by atoms with van der Waals surface area (Å²) in [6.45, 7) is 5.81. The zero-order valence-corrected chi connectivity index (χ0v) is 17.3. The lowest BCUT2D eigenvalue weighted by atomic mass is 10.1. The highest BCUT2D eigenvalue weighted by Crippen LogP contribution is 2.27. The molecule has 1 aliphatic heterocycles. The summed E-state index contributed by atoms with van der Waals surface area (Å²) in [5.74, 6) is -2.43. The van der Waals surface area contributed by atoms with E-state index in [1.54, 1.807) is 0 Å². The van der Waals surface area contributed by atoms with E-state index in [4.69, 9.17) is 0 Å². The third-order valence-corrected chi connectivity index (χ3v) is 5.26. The molecule has 4 rings (SSSR count). The van der Waals surface area contributed by atoms with Crippen LogP contribution in [0.5, 0.6) is 0 Å². The van der Waals surface area contributed by atoms with Gasteiger partial charge in [0.25, 0.3) is 11.8 Å². The second-order valence-electron chi connectivity index (χ2n) is 7.41. The Morgan fingerprint density at radius 3 is 2.29 bits per heavy atom. The van der Waals surface area contributed by atoms with Gasteiger partial charge in [0.1, 0.15) is 11.4 Å². The Kier molecular flexibility index (Phi) is 5.02. The molecule has 1 aromatic heterocycles. The van der Waals surface area contributed by atoms with Gasteiger partial charge in [0, 0.05) is 17.1 Å². The van der Waals surface area contributed by atoms with Gasteiger partial charge in [0.2, 0.25) is 0 Å². The molecular formula is C24H20FN3O3. The lowest BCUT2D eigenvalue weighted by Crippen LogP contribution is -2.54. The zero-order valence-electron chi connectivity index (χ0n) is 17.3. The van der Waals surface area contributed by atoms with Crippen LogP contribution in [-0.4, -0.2) is 22.4 Å². The van der Waals surface area contributed by atoms with Gasteiger partial charge in [-0.05, 0) is 62.7 Å². The topological polar surface area (TPSA) is 71.4 Å². The summed E-state index contributed by atoms with van der Waals surface area (Å²) >= 11 is 0. The Morgan fingerprint density at radius 2 is 1.61 bits per heavy atom. The quantitative estimate of drug-likeness (QED) is 0.513. The monoisotopic (exact) mass is 417 g/mol. The lowest BCUT2D eigenvalue weighted by Gasteiger charge is -2.26. The number of aromatic nitrogens is 1.